The van der Waals surface area contributed by atoms with E-state index in [0.29, 0.717) is 28.4 Å². The highest BCUT2D eigenvalue weighted by atomic mass is 35.5. The molecule has 0 unspecified atom stereocenters. The SMILES string of the molecule is CCOC(=O)c1c(-n2c(C)cc(/C=C3\C(=O)NC(=S)N(c4ccc(Cl)cc4)C3=O)c2C)sc2c1CCCC2. The molecule has 2 aromatic heterocycles. The number of halogens is 1. The Hall–Kier alpha value is -3.27. The normalized spacial score (nSPS) is 16.6. The van der Waals surface area contributed by atoms with Crippen LogP contribution in [-0.4, -0.2) is 34.1 Å². The van der Waals surface area contributed by atoms with Gasteiger partial charge in [-0.2, -0.15) is 0 Å². The number of fused-ring (bicyclic) bond motifs is 1. The lowest BCUT2D eigenvalue weighted by atomic mass is 9.95. The highest BCUT2D eigenvalue weighted by Gasteiger charge is 2.35. The van der Waals surface area contributed by atoms with Gasteiger partial charge in [-0.05, 0) is 106 Å². The maximum atomic E-state index is 13.5. The summed E-state index contributed by atoms with van der Waals surface area (Å²) in [6.07, 6.45) is 5.51. The molecule has 1 N–H and O–H groups in total. The molecule has 1 fully saturated rings. The molecular weight excluding hydrogens is 542 g/mol. The number of nitrogens with zero attached hydrogens (tertiary/aromatic N) is 2. The summed E-state index contributed by atoms with van der Waals surface area (Å²) >= 11 is 12.9. The second-order valence-electron chi connectivity index (χ2n) is 9.21. The van der Waals surface area contributed by atoms with Crippen molar-refractivity contribution in [2.24, 2.45) is 0 Å². The largest absolute Gasteiger partial charge is 0.462 e. The Bertz CT molecular complexity index is 1520. The number of carbonyl (C=O) groups is 3. The highest BCUT2D eigenvalue weighted by Crippen LogP contribution is 2.39. The fourth-order valence-corrected chi connectivity index (χ4v) is 6.90. The number of aryl methyl sites for hydroxylation is 2. The smallest absolute Gasteiger partial charge is 0.341 e. The van der Waals surface area contributed by atoms with Crippen molar-refractivity contribution in [3.8, 4) is 5.00 Å². The molecule has 2 amide bonds. The molecular formula is C28H26ClN3O4S2. The van der Waals surface area contributed by atoms with Crippen molar-refractivity contribution in [3.05, 3.63) is 73.9 Å². The lowest BCUT2D eigenvalue weighted by Gasteiger charge is -2.28. The number of anilines is 1. The molecule has 1 aromatic carbocycles. The number of amides is 2. The summed E-state index contributed by atoms with van der Waals surface area (Å²) in [6, 6.07) is 8.56. The fourth-order valence-electron chi connectivity index (χ4n) is 5.01. The lowest BCUT2D eigenvalue weighted by Crippen LogP contribution is -2.54. The van der Waals surface area contributed by atoms with Gasteiger partial charge in [0.25, 0.3) is 11.8 Å². The number of nitrogens with one attached hydrogen (secondary N) is 1. The topological polar surface area (TPSA) is 80.6 Å². The third kappa shape index (κ3) is 4.59. The maximum Gasteiger partial charge on any atom is 0.341 e. The van der Waals surface area contributed by atoms with Gasteiger partial charge in [-0.15, -0.1) is 11.3 Å². The predicted octanol–water partition coefficient (Wildman–Crippen LogP) is 5.70. The molecule has 3 aromatic rings. The Morgan fingerprint density at radius 3 is 2.61 bits per heavy atom. The van der Waals surface area contributed by atoms with Crippen molar-refractivity contribution in [2.75, 3.05) is 11.5 Å². The molecule has 10 heteroatoms. The first-order chi connectivity index (χ1) is 18.2. The van der Waals surface area contributed by atoms with E-state index in [1.165, 1.54) is 9.78 Å². The van der Waals surface area contributed by atoms with Crippen LogP contribution in [0.5, 0.6) is 0 Å². The predicted molar refractivity (Wildman–Crippen MR) is 153 cm³/mol. The number of hydrogen-bond donors (Lipinski definition) is 1. The van der Waals surface area contributed by atoms with Gasteiger partial charge in [0.05, 0.1) is 17.9 Å². The minimum atomic E-state index is -0.561. The molecule has 1 saturated heterocycles. The number of carbonyl (C=O) groups excluding carboxylic acids is 3. The summed E-state index contributed by atoms with van der Waals surface area (Å²) < 4.78 is 7.46. The van der Waals surface area contributed by atoms with Gasteiger partial charge in [-0.1, -0.05) is 11.6 Å². The minimum Gasteiger partial charge on any atom is -0.462 e. The first kappa shape index (κ1) is 26.3. The van der Waals surface area contributed by atoms with Crippen LogP contribution in [0.4, 0.5) is 5.69 Å². The van der Waals surface area contributed by atoms with Gasteiger partial charge in [0, 0.05) is 21.3 Å². The van der Waals surface area contributed by atoms with E-state index in [9.17, 15) is 14.4 Å². The summed E-state index contributed by atoms with van der Waals surface area (Å²) in [6.45, 7) is 5.96. The van der Waals surface area contributed by atoms with E-state index < -0.39 is 11.8 Å². The fraction of sp³-hybridized carbons (Fsp3) is 0.286. The zero-order chi connectivity index (χ0) is 27.1. The summed E-state index contributed by atoms with van der Waals surface area (Å²) in [5, 5.41) is 3.96. The molecule has 3 heterocycles. The molecule has 0 atom stereocenters. The Kier molecular flexibility index (Phi) is 7.26. The molecule has 1 aliphatic carbocycles. The van der Waals surface area contributed by atoms with Crippen LogP contribution in [0.25, 0.3) is 11.1 Å². The molecule has 0 bridgehead atoms. The summed E-state index contributed by atoms with van der Waals surface area (Å²) in [5.41, 5.74) is 4.56. The van der Waals surface area contributed by atoms with Gasteiger partial charge in [-0.3, -0.25) is 19.8 Å². The molecule has 7 nitrogen and oxygen atoms in total. The van der Waals surface area contributed by atoms with Crippen LogP contribution in [0.2, 0.25) is 5.02 Å². The van der Waals surface area contributed by atoms with Crippen molar-refractivity contribution in [2.45, 2.75) is 46.5 Å². The Labute approximate surface area is 235 Å². The number of hydrogen-bond acceptors (Lipinski definition) is 6. The number of benzene rings is 1. The number of thiophene rings is 1. The summed E-state index contributed by atoms with van der Waals surface area (Å²) in [5.74, 6) is -1.40. The lowest BCUT2D eigenvalue weighted by molar-refractivity contribution is -0.122. The highest BCUT2D eigenvalue weighted by molar-refractivity contribution is 7.80. The van der Waals surface area contributed by atoms with Crippen LogP contribution < -0.4 is 10.2 Å². The maximum absolute atomic E-state index is 13.5. The molecule has 0 spiro atoms. The monoisotopic (exact) mass is 567 g/mol. The summed E-state index contributed by atoms with van der Waals surface area (Å²) in [7, 11) is 0. The van der Waals surface area contributed by atoms with Crippen molar-refractivity contribution < 1.29 is 19.1 Å². The van der Waals surface area contributed by atoms with Gasteiger partial charge in [-0.25, -0.2) is 4.79 Å². The molecule has 5 rings (SSSR count). The van der Waals surface area contributed by atoms with Gasteiger partial charge in [0.15, 0.2) is 5.11 Å². The van der Waals surface area contributed by atoms with Gasteiger partial charge in [0.1, 0.15) is 10.6 Å². The average molecular weight is 568 g/mol. The molecule has 2 aliphatic rings. The Morgan fingerprint density at radius 1 is 1.18 bits per heavy atom. The van der Waals surface area contributed by atoms with Crippen LogP contribution in [0.3, 0.4) is 0 Å². The van der Waals surface area contributed by atoms with Crippen LogP contribution in [0.1, 0.15) is 57.5 Å². The number of aromatic nitrogens is 1. The quantitative estimate of drug-likeness (QED) is 0.185. The third-order valence-corrected chi connectivity index (χ3v) is 8.61. The molecule has 0 saturated carbocycles. The average Bonchev–Trinajstić information content (AvgIpc) is 3.38. The molecule has 196 valence electrons. The van der Waals surface area contributed by atoms with Crippen molar-refractivity contribution >= 4 is 69.8 Å². The van der Waals surface area contributed by atoms with E-state index in [1.807, 2.05) is 24.5 Å². The van der Waals surface area contributed by atoms with E-state index in [-0.39, 0.29) is 16.7 Å². The van der Waals surface area contributed by atoms with Crippen LogP contribution in [-0.2, 0) is 27.2 Å². The van der Waals surface area contributed by atoms with E-state index >= 15 is 0 Å². The van der Waals surface area contributed by atoms with Crippen LogP contribution in [0, 0.1) is 13.8 Å². The van der Waals surface area contributed by atoms with Crippen molar-refractivity contribution in [1.82, 2.24) is 9.88 Å². The van der Waals surface area contributed by atoms with Gasteiger partial charge >= 0.3 is 5.97 Å². The van der Waals surface area contributed by atoms with Crippen LogP contribution in [0.15, 0.2) is 35.9 Å². The molecule has 1 aliphatic heterocycles. The standard InChI is InChI=1S/C28H26ClN3O4S2/c1-4-36-27(35)23-20-7-5-6-8-22(20)38-26(23)31-15(2)13-17(16(31)3)14-21-24(33)30-28(37)32(25(21)34)19-11-9-18(29)10-12-19/h9-14H,4-8H2,1-3H3,(H,30,33,37)/b21-14+. The number of ether oxygens (including phenoxy) is 1. The zero-order valence-electron chi connectivity index (χ0n) is 21.2. The zero-order valence-corrected chi connectivity index (χ0v) is 23.6. The van der Waals surface area contributed by atoms with E-state index in [4.69, 9.17) is 28.6 Å². The van der Waals surface area contributed by atoms with E-state index in [1.54, 1.807) is 48.6 Å². The second kappa shape index (κ2) is 10.5. The minimum absolute atomic E-state index is 0.00758. The van der Waals surface area contributed by atoms with E-state index in [2.05, 4.69) is 5.32 Å². The third-order valence-electron chi connectivity index (χ3n) is 6.79. The second-order valence-corrected chi connectivity index (χ2v) is 11.1. The molecule has 38 heavy (non-hydrogen) atoms. The first-order valence-corrected chi connectivity index (χ1v) is 14.0. The van der Waals surface area contributed by atoms with Crippen molar-refractivity contribution in [3.63, 3.8) is 0 Å². The van der Waals surface area contributed by atoms with Gasteiger partial charge in [0.2, 0.25) is 0 Å². The van der Waals surface area contributed by atoms with Crippen LogP contribution >= 0.6 is 35.2 Å². The number of thiocarbonyl (C=S) groups is 1. The Balaban J connectivity index is 1.58. The van der Waals surface area contributed by atoms with E-state index in [0.717, 1.165) is 47.6 Å². The molecule has 0 radical (unpaired) electrons. The Morgan fingerprint density at radius 2 is 1.89 bits per heavy atom. The van der Waals surface area contributed by atoms with Gasteiger partial charge < -0.3 is 9.30 Å². The first-order valence-electron chi connectivity index (χ1n) is 12.4. The summed E-state index contributed by atoms with van der Waals surface area (Å²) in [4.78, 5) is 41.9. The van der Waals surface area contributed by atoms with Crippen molar-refractivity contribution in [1.29, 1.82) is 0 Å². The number of rotatable bonds is 5. The number of esters is 1.